The van der Waals surface area contributed by atoms with Crippen molar-refractivity contribution < 1.29 is 14.7 Å². The summed E-state index contributed by atoms with van der Waals surface area (Å²) in [7, 11) is 0. The van der Waals surface area contributed by atoms with Gasteiger partial charge in [0.05, 0.1) is 11.8 Å². The first kappa shape index (κ1) is 12.9. The van der Waals surface area contributed by atoms with E-state index in [1.807, 2.05) is 11.8 Å². The second-order valence-electron chi connectivity index (χ2n) is 4.13. The van der Waals surface area contributed by atoms with Crippen LogP contribution in [0.25, 0.3) is 0 Å². The summed E-state index contributed by atoms with van der Waals surface area (Å²) in [6.45, 7) is 3.01. The zero-order chi connectivity index (χ0) is 13.1. The van der Waals surface area contributed by atoms with E-state index >= 15 is 0 Å². The van der Waals surface area contributed by atoms with Gasteiger partial charge >= 0.3 is 5.97 Å². The minimum atomic E-state index is -0.966. The molecule has 1 aliphatic heterocycles. The number of thioether (sulfide) groups is 1. The third kappa shape index (κ3) is 2.66. The third-order valence-electron chi connectivity index (χ3n) is 2.90. The maximum Gasteiger partial charge on any atom is 0.328 e. The third-order valence-corrected chi connectivity index (χ3v) is 3.84. The van der Waals surface area contributed by atoms with Crippen molar-refractivity contribution in [3.63, 3.8) is 0 Å². The summed E-state index contributed by atoms with van der Waals surface area (Å²) in [5, 5.41) is 12.8. The first-order valence-electron chi connectivity index (χ1n) is 5.73. The van der Waals surface area contributed by atoms with E-state index in [2.05, 4.69) is 5.10 Å². The van der Waals surface area contributed by atoms with Crippen LogP contribution in [0.5, 0.6) is 0 Å². The zero-order valence-electron chi connectivity index (χ0n) is 10.1. The van der Waals surface area contributed by atoms with Crippen LogP contribution < -0.4 is 0 Å². The lowest BCUT2D eigenvalue weighted by atomic mass is 10.3. The van der Waals surface area contributed by atoms with E-state index in [9.17, 15) is 9.59 Å². The van der Waals surface area contributed by atoms with Crippen LogP contribution in [0, 0.1) is 0 Å². The Morgan fingerprint density at radius 3 is 2.72 bits per heavy atom. The lowest BCUT2D eigenvalue weighted by Gasteiger charge is -2.25. The van der Waals surface area contributed by atoms with Gasteiger partial charge in [0, 0.05) is 30.8 Å². The standard InChI is InChI=1S/C11H15N3O3S/c1-8(11(16)17)14-7-9(6-12-14)10(15)13-2-4-18-5-3-13/h6-8H,2-5H2,1H3,(H,16,17). The van der Waals surface area contributed by atoms with Gasteiger partial charge in [-0.15, -0.1) is 0 Å². The fraction of sp³-hybridized carbons (Fsp3) is 0.545. The number of amides is 1. The second-order valence-corrected chi connectivity index (χ2v) is 5.35. The van der Waals surface area contributed by atoms with Gasteiger partial charge in [0.25, 0.3) is 5.91 Å². The average Bonchev–Trinajstić information content (AvgIpc) is 2.87. The van der Waals surface area contributed by atoms with Gasteiger partial charge in [-0.25, -0.2) is 4.79 Å². The molecule has 1 saturated heterocycles. The van der Waals surface area contributed by atoms with E-state index in [0.717, 1.165) is 24.6 Å². The summed E-state index contributed by atoms with van der Waals surface area (Å²) >= 11 is 1.83. The maximum absolute atomic E-state index is 12.1. The highest BCUT2D eigenvalue weighted by Gasteiger charge is 2.21. The summed E-state index contributed by atoms with van der Waals surface area (Å²) in [5.41, 5.74) is 0.454. The molecule has 6 nitrogen and oxygen atoms in total. The van der Waals surface area contributed by atoms with Crippen molar-refractivity contribution in [2.45, 2.75) is 13.0 Å². The molecule has 1 fully saturated rings. The fourth-order valence-corrected chi connectivity index (χ4v) is 2.63. The van der Waals surface area contributed by atoms with Gasteiger partial charge in [0.15, 0.2) is 0 Å². The van der Waals surface area contributed by atoms with Crippen molar-refractivity contribution in [3.05, 3.63) is 18.0 Å². The molecule has 1 atom stereocenters. The minimum absolute atomic E-state index is 0.0702. The number of rotatable bonds is 3. The van der Waals surface area contributed by atoms with Gasteiger partial charge in [-0.3, -0.25) is 9.48 Å². The van der Waals surface area contributed by atoms with Crippen LogP contribution >= 0.6 is 11.8 Å². The van der Waals surface area contributed by atoms with Crippen LogP contribution in [-0.2, 0) is 4.79 Å². The molecule has 0 bridgehead atoms. The predicted molar refractivity (Wildman–Crippen MR) is 67.8 cm³/mol. The molecule has 2 rings (SSSR count). The molecule has 1 aliphatic rings. The normalized spacial score (nSPS) is 17.5. The van der Waals surface area contributed by atoms with Gasteiger partial charge in [-0.05, 0) is 6.92 Å². The van der Waals surface area contributed by atoms with Crippen molar-refractivity contribution in [3.8, 4) is 0 Å². The van der Waals surface area contributed by atoms with Crippen LogP contribution in [0.4, 0.5) is 0 Å². The fourth-order valence-electron chi connectivity index (χ4n) is 1.72. The molecule has 0 aliphatic carbocycles. The lowest BCUT2D eigenvalue weighted by Crippen LogP contribution is -2.37. The number of hydrogen-bond donors (Lipinski definition) is 1. The number of aliphatic carboxylic acids is 1. The van der Waals surface area contributed by atoms with Crippen LogP contribution in [0.3, 0.4) is 0 Å². The smallest absolute Gasteiger partial charge is 0.328 e. The molecule has 0 radical (unpaired) electrons. The molecule has 7 heteroatoms. The van der Waals surface area contributed by atoms with Gasteiger partial charge in [-0.2, -0.15) is 16.9 Å². The van der Waals surface area contributed by atoms with Crippen molar-refractivity contribution >= 4 is 23.6 Å². The average molecular weight is 269 g/mol. The van der Waals surface area contributed by atoms with Gasteiger partial charge in [0.1, 0.15) is 6.04 Å². The van der Waals surface area contributed by atoms with Crippen LogP contribution in [0.15, 0.2) is 12.4 Å². The number of carbonyl (C=O) groups excluding carboxylic acids is 1. The number of carboxylic acid groups (broad SMARTS) is 1. The van der Waals surface area contributed by atoms with E-state index < -0.39 is 12.0 Å². The number of hydrogen-bond acceptors (Lipinski definition) is 4. The Hall–Kier alpha value is -1.50. The molecule has 0 saturated carbocycles. The highest BCUT2D eigenvalue weighted by atomic mass is 32.2. The number of aromatic nitrogens is 2. The lowest BCUT2D eigenvalue weighted by molar-refractivity contribution is -0.140. The number of carboxylic acids is 1. The molecular weight excluding hydrogens is 254 g/mol. The first-order chi connectivity index (χ1) is 8.59. The summed E-state index contributed by atoms with van der Waals surface area (Å²) in [6.07, 6.45) is 2.94. The van der Waals surface area contributed by atoms with Crippen molar-refractivity contribution in [1.82, 2.24) is 14.7 Å². The van der Waals surface area contributed by atoms with Crippen molar-refractivity contribution in [2.75, 3.05) is 24.6 Å². The summed E-state index contributed by atoms with van der Waals surface area (Å²) in [6, 6.07) is -0.761. The highest BCUT2D eigenvalue weighted by Crippen LogP contribution is 2.14. The molecule has 1 aromatic rings. The van der Waals surface area contributed by atoms with E-state index in [-0.39, 0.29) is 5.91 Å². The molecule has 1 N–H and O–H groups in total. The molecule has 18 heavy (non-hydrogen) atoms. The SMILES string of the molecule is CC(C(=O)O)n1cc(C(=O)N2CCSCC2)cn1. The Kier molecular flexibility index (Phi) is 3.90. The van der Waals surface area contributed by atoms with Gasteiger partial charge in [0.2, 0.25) is 0 Å². The van der Waals surface area contributed by atoms with Crippen LogP contribution in [-0.4, -0.2) is 56.3 Å². The topological polar surface area (TPSA) is 75.4 Å². The Morgan fingerprint density at radius 2 is 2.11 bits per heavy atom. The summed E-state index contributed by atoms with van der Waals surface area (Å²) in [4.78, 5) is 24.7. The van der Waals surface area contributed by atoms with E-state index in [0.29, 0.717) is 5.56 Å². The number of carbonyl (C=O) groups is 2. The molecule has 0 spiro atoms. The largest absolute Gasteiger partial charge is 0.480 e. The molecule has 2 heterocycles. The van der Waals surface area contributed by atoms with Crippen molar-refractivity contribution in [2.24, 2.45) is 0 Å². The zero-order valence-corrected chi connectivity index (χ0v) is 10.9. The highest BCUT2D eigenvalue weighted by molar-refractivity contribution is 7.99. The maximum atomic E-state index is 12.1. The Morgan fingerprint density at radius 1 is 1.44 bits per heavy atom. The van der Waals surface area contributed by atoms with Crippen LogP contribution in [0.1, 0.15) is 23.3 Å². The predicted octanol–water partition coefficient (Wildman–Crippen LogP) is 0.718. The molecule has 98 valence electrons. The van der Waals surface area contributed by atoms with Gasteiger partial charge in [-0.1, -0.05) is 0 Å². The Bertz CT molecular complexity index is 454. The van der Waals surface area contributed by atoms with E-state index in [1.54, 1.807) is 4.90 Å². The molecule has 1 aromatic heterocycles. The number of nitrogens with zero attached hydrogens (tertiary/aromatic N) is 3. The van der Waals surface area contributed by atoms with Gasteiger partial charge < -0.3 is 10.0 Å². The molecular formula is C11H15N3O3S. The quantitative estimate of drug-likeness (QED) is 0.875. The van der Waals surface area contributed by atoms with Crippen LogP contribution in [0.2, 0.25) is 0 Å². The molecule has 1 unspecified atom stereocenters. The first-order valence-corrected chi connectivity index (χ1v) is 6.89. The van der Waals surface area contributed by atoms with E-state index in [1.165, 1.54) is 24.0 Å². The Labute approximate surface area is 109 Å². The minimum Gasteiger partial charge on any atom is -0.480 e. The molecule has 1 amide bonds. The summed E-state index contributed by atoms with van der Waals surface area (Å²) < 4.78 is 1.30. The summed E-state index contributed by atoms with van der Waals surface area (Å²) in [5.74, 6) is 0.863. The molecule has 0 aromatic carbocycles. The van der Waals surface area contributed by atoms with Crippen molar-refractivity contribution in [1.29, 1.82) is 0 Å². The van der Waals surface area contributed by atoms with E-state index in [4.69, 9.17) is 5.11 Å². The monoisotopic (exact) mass is 269 g/mol. The Balaban J connectivity index is 2.09. The second kappa shape index (κ2) is 5.43.